The minimum atomic E-state index is -0.941. The molecule has 0 saturated heterocycles. The number of carbonyl (C=O) groups is 2. The molecule has 5 nitrogen and oxygen atoms in total. The van der Waals surface area contributed by atoms with Crippen LogP contribution in [-0.2, 0) is 4.79 Å². The zero-order chi connectivity index (χ0) is 14.3. The molecule has 3 N–H and O–H groups in total. The van der Waals surface area contributed by atoms with Crippen LogP contribution < -0.4 is 10.6 Å². The maximum Gasteiger partial charge on any atom is 0.330 e. The van der Waals surface area contributed by atoms with E-state index in [1.54, 1.807) is 6.08 Å². The first-order chi connectivity index (χ1) is 8.99. The summed E-state index contributed by atoms with van der Waals surface area (Å²) in [6.45, 7) is 3.89. The van der Waals surface area contributed by atoms with Crippen molar-refractivity contribution >= 4 is 17.7 Å². The van der Waals surface area contributed by atoms with Gasteiger partial charge in [0.05, 0.1) is 0 Å². The van der Waals surface area contributed by atoms with Gasteiger partial charge in [-0.2, -0.15) is 0 Å². The molecule has 0 bridgehead atoms. The number of carboxylic acids is 1. The number of amides is 2. The molecular weight excluding hydrogens is 244 g/mol. The number of carboxylic acid groups (broad SMARTS) is 1. The summed E-state index contributed by atoms with van der Waals surface area (Å²) >= 11 is 0. The highest BCUT2D eigenvalue weighted by molar-refractivity contribution is 5.89. The second kappa shape index (κ2) is 7.20. The van der Waals surface area contributed by atoms with Crippen molar-refractivity contribution in [2.24, 2.45) is 0 Å². The highest BCUT2D eigenvalue weighted by Crippen LogP contribution is 2.07. The van der Waals surface area contributed by atoms with Gasteiger partial charge < -0.3 is 15.7 Å². The molecule has 0 fully saturated rings. The summed E-state index contributed by atoms with van der Waals surface area (Å²) in [6.07, 6.45) is 2.06. The summed E-state index contributed by atoms with van der Waals surface area (Å²) < 4.78 is 0. The summed E-state index contributed by atoms with van der Waals surface area (Å²) in [6, 6.07) is 7.17. The largest absolute Gasteiger partial charge is 0.478 e. The molecule has 1 rings (SSSR count). The highest BCUT2D eigenvalue weighted by atomic mass is 16.4. The zero-order valence-corrected chi connectivity index (χ0v) is 11.1. The Balaban J connectivity index is 2.31. The van der Waals surface area contributed by atoms with Gasteiger partial charge in [0.2, 0.25) is 0 Å². The van der Waals surface area contributed by atoms with Gasteiger partial charge in [-0.3, -0.25) is 0 Å². The summed E-state index contributed by atoms with van der Waals surface area (Å²) in [5, 5.41) is 14.0. The minimum Gasteiger partial charge on any atom is -0.478 e. The Labute approximate surface area is 112 Å². The molecule has 0 atom stereocenters. The molecular formula is C14H18N2O3. The number of nitrogens with one attached hydrogen (secondary N) is 2. The molecule has 0 aliphatic rings. The van der Waals surface area contributed by atoms with Crippen LogP contribution in [0.2, 0.25) is 0 Å². The van der Waals surface area contributed by atoms with Crippen LogP contribution >= 0.6 is 0 Å². The molecule has 0 saturated carbocycles. The minimum absolute atomic E-state index is 0.278. The maximum absolute atomic E-state index is 11.5. The monoisotopic (exact) mass is 262 g/mol. The second-order valence-electron chi connectivity index (χ2n) is 4.23. The predicted octanol–water partition coefficient (Wildman–Crippen LogP) is 2.54. The van der Waals surface area contributed by atoms with Crippen LogP contribution in [-0.4, -0.2) is 23.7 Å². The van der Waals surface area contributed by atoms with Gasteiger partial charge in [0, 0.05) is 17.8 Å². The van der Waals surface area contributed by atoms with Crippen molar-refractivity contribution in [2.75, 3.05) is 11.9 Å². The second-order valence-corrected chi connectivity index (χ2v) is 4.23. The number of aliphatic carboxylic acids is 1. The smallest absolute Gasteiger partial charge is 0.330 e. The van der Waals surface area contributed by atoms with Gasteiger partial charge in [-0.1, -0.05) is 23.8 Å². The highest BCUT2D eigenvalue weighted by Gasteiger charge is 2.01. The third kappa shape index (κ3) is 5.72. The van der Waals surface area contributed by atoms with Crippen LogP contribution in [0, 0.1) is 6.92 Å². The molecule has 0 aliphatic carbocycles. The molecule has 1 aromatic carbocycles. The molecule has 0 unspecified atom stereocenters. The maximum atomic E-state index is 11.5. The van der Waals surface area contributed by atoms with Gasteiger partial charge in [0.15, 0.2) is 0 Å². The molecule has 0 aromatic heterocycles. The van der Waals surface area contributed by atoms with Gasteiger partial charge in [-0.25, -0.2) is 9.59 Å². The predicted molar refractivity (Wildman–Crippen MR) is 74.2 cm³/mol. The van der Waals surface area contributed by atoms with E-state index >= 15 is 0 Å². The summed E-state index contributed by atoms with van der Waals surface area (Å²) in [5.74, 6) is -0.941. The molecule has 0 aliphatic heterocycles. The fourth-order valence-corrected chi connectivity index (χ4v) is 1.37. The van der Waals surface area contributed by atoms with Gasteiger partial charge >= 0.3 is 12.0 Å². The van der Waals surface area contributed by atoms with Gasteiger partial charge in [0.1, 0.15) is 0 Å². The molecule has 0 heterocycles. The first kappa shape index (κ1) is 14.8. The van der Waals surface area contributed by atoms with Gasteiger partial charge in [0.25, 0.3) is 0 Å². The Morgan fingerprint density at radius 3 is 2.47 bits per heavy atom. The summed E-state index contributed by atoms with van der Waals surface area (Å²) in [4.78, 5) is 22.0. The third-order valence-corrected chi connectivity index (χ3v) is 2.53. The number of anilines is 1. The van der Waals surface area contributed by atoms with E-state index in [0.29, 0.717) is 13.0 Å². The number of rotatable bonds is 5. The SMILES string of the molecule is C/C(=C\CCNC(=O)Nc1ccc(C)cc1)C(=O)O. The first-order valence-corrected chi connectivity index (χ1v) is 6.00. The van der Waals surface area contributed by atoms with Gasteiger partial charge in [-0.15, -0.1) is 0 Å². The van der Waals surface area contributed by atoms with E-state index in [1.165, 1.54) is 6.92 Å². The Kier molecular flexibility index (Phi) is 5.60. The van der Waals surface area contributed by atoms with E-state index in [2.05, 4.69) is 10.6 Å². The lowest BCUT2D eigenvalue weighted by Crippen LogP contribution is -2.29. The van der Waals surface area contributed by atoms with Gasteiger partial charge in [-0.05, 0) is 32.4 Å². The summed E-state index contributed by atoms with van der Waals surface area (Å²) in [5.41, 5.74) is 2.13. The molecule has 1 aromatic rings. The van der Waals surface area contributed by atoms with E-state index in [4.69, 9.17) is 5.11 Å². The molecule has 5 heteroatoms. The number of hydrogen-bond donors (Lipinski definition) is 3. The number of benzene rings is 1. The third-order valence-electron chi connectivity index (χ3n) is 2.53. The van der Waals surface area contributed by atoms with Crippen LogP contribution in [0.15, 0.2) is 35.9 Å². The van der Waals surface area contributed by atoms with Crippen LogP contribution in [0.1, 0.15) is 18.9 Å². The van der Waals surface area contributed by atoms with E-state index in [-0.39, 0.29) is 11.6 Å². The molecule has 102 valence electrons. The van der Waals surface area contributed by atoms with Crippen molar-refractivity contribution in [2.45, 2.75) is 20.3 Å². The fraction of sp³-hybridized carbons (Fsp3) is 0.286. The van der Waals surface area contributed by atoms with Crippen LogP contribution in [0.3, 0.4) is 0 Å². The molecule has 0 radical (unpaired) electrons. The van der Waals surface area contributed by atoms with E-state index in [0.717, 1.165) is 11.3 Å². The van der Waals surface area contributed by atoms with Crippen LogP contribution in [0.25, 0.3) is 0 Å². The number of carbonyl (C=O) groups excluding carboxylic acids is 1. The van der Waals surface area contributed by atoms with E-state index < -0.39 is 5.97 Å². The van der Waals surface area contributed by atoms with Crippen molar-refractivity contribution in [3.05, 3.63) is 41.5 Å². The van der Waals surface area contributed by atoms with Crippen molar-refractivity contribution in [3.63, 3.8) is 0 Å². The fourth-order valence-electron chi connectivity index (χ4n) is 1.37. The average Bonchev–Trinajstić information content (AvgIpc) is 2.37. The quantitative estimate of drug-likeness (QED) is 0.563. The topological polar surface area (TPSA) is 78.4 Å². The normalized spacial score (nSPS) is 10.9. The lowest BCUT2D eigenvalue weighted by Gasteiger charge is -2.06. The lowest BCUT2D eigenvalue weighted by atomic mass is 10.2. The lowest BCUT2D eigenvalue weighted by molar-refractivity contribution is -0.132. The van der Waals surface area contributed by atoms with Crippen LogP contribution in [0.5, 0.6) is 0 Å². The average molecular weight is 262 g/mol. The molecule has 19 heavy (non-hydrogen) atoms. The number of hydrogen-bond acceptors (Lipinski definition) is 2. The van der Waals surface area contributed by atoms with Crippen LogP contribution in [0.4, 0.5) is 10.5 Å². The molecule has 2 amide bonds. The first-order valence-electron chi connectivity index (χ1n) is 6.00. The summed E-state index contributed by atoms with van der Waals surface area (Å²) in [7, 11) is 0. The number of urea groups is 1. The Morgan fingerprint density at radius 2 is 1.89 bits per heavy atom. The zero-order valence-electron chi connectivity index (χ0n) is 11.1. The Morgan fingerprint density at radius 1 is 1.26 bits per heavy atom. The number of aryl methyl sites for hydroxylation is 1. The Hall–Kier alpha value is -2.30. The van der Waals surface area contributed by atoms with Crippen molar-refractivity contribution < 1.29 is 14.7 Å². The van der Waals surface area contributed by atoms with Crippen molar-refractivity contribution in [3.8, 4) is 0 Å². The van der Waals surface area contributed by atoms with Crippen molar-refractivity contribution in [1.29, 1.82) is 0 Å². The standard InChI is InChI=1S/C14H18N2O3/c1-10-5-7-12(8-6-10)16-14(19)15-9-3-4-11(2)13(17)18/h4-8H,3,9H2,1-2H3,(H,17,18)(H2,15,16,19)/b11-4+. The van der Waals surface area contributed by atoms with E-state index in [9.17, 15) is 9.59 Å². The van der Waals surface area contributed by atoms with E-state index in [1.807, 2.05) is 31.2 Å². The van der Waals surface area contributed by atoms with Crippen molar-refractivity contribution in [1.82, 2.24) is 5.32 Å². The molecule has 0 spiro atoms. The Bertz CT molecular complexity index is 478.